The third-order valence-electron chi connectivity index (χ3n) is 4.08. The number of hydrogen-bond acceptors (Lipinski definition) is 3. The SMILES string of the molecule is CCO[C@@H]1C[C@@H](NC(=O)[C@@H]2CCCO2)C1(C)C. The first-order chi connectivity index (χ1) is 8.05. The lowest BCUT2D eigenvalue weighted by Gasteiger charge is -2.51. The van der Waals surface area contributed by atoms with Crippen LogP contribution in [0.1, 0.15) is 40.0 Å². The Balaban J connectivity index is 1.82. The molecule has 0 spiro atoms. The van der Waals surface area contributed by atoms with Crippen molar-refractivity contribution in [1.29, 1.82) is 0 Å². The Labute approximate surface area is 103 Å². The summed E-state index contributed by atoms with van der Waals surface area (Å²) in [7, 11) is 0. The molecule has 1 heterocycles. The van der Waals surface area contributed by atoms with E-state index in [0.29, 0.717) is 6.61 Å². The van der Waals surface area contributed by atoms with Gasteiger partial charge in [0.05, 0.1) is 6.10 Å². The minimum Gasteiger partial charge on any atom is -0.378 e. The maximum Gasteiger partial charge on any atom is 0.249 e. The number of hydrogen-bond donors (Lipinski definition) is 1. The van der Waals surface area contributed by atoms with Gasteiger partial charge >= 0.3 is 0 Å². The molecule has 2 aliphatic rings. The molecule has 0 unspecified atom stereocenters. The second-order valence-electron chi connectivity index (χ2n) is 5.56. The minimum atomic E-state index is -0.225. The molecule has 2 fully saturated rings. The second-order valence-corrected chi connectivity index (χ2v) is 5.56. The average Bonchev–Trinajstić information content (AvgIpc) is 2.81. The summed E-state index contributed by atoms with van der Waals surface area (Å²) >= 11 is 0. The van der Waals surface area contributed by atoms with Gasteiger partial charge in [-0.05, 0) is 26.2 Å². The predicted molar refractivity (Wildman–Crippen MR) is 64.7 cm³/mol. The van der Waals surface area contributed by atoms with Crippen LogP contribution in [0.2, 0.25) is 0 Å². The van der Waals surface area contributed by atoms with E-state index < -0.39 is 0 Å². The van der Waals surface area contributed by atoms with Crippen molar-refractivity contribution >= 4 is 5.91 Å². The standard InChI is InChI=1S/C13H23NO3/c1-4-16-11-8-10(13(11,2)3)14-12(15)9-6-5-7-17-9/h9-11H,4-8H2,1-3H3,(H,14,15)/t9-,10+,11+/m0/s1. The Morgan fingerprint density at radius 3 is 2.82 bits per heavy atom. The van der Waals surface area contributed by atoms with E-state index in [0.717, 1.165) is 25.9 Å². The van der Waals surface area contributed by atoms with Crippen molar-refractivity contribution in [3.63, 3.8) is 0 Å². The molecule has 98 valence electrons. The Bertz CT molecular complexity index is 284. The number of rotatable bonds is 4. The summed E-state index contributed by atoms with van der Waals surface area (Å²) in [5.74, 6) is 0.0514. The molecule has 1 aliphatic carbocycles. The minimum absolute atomic E-state index is 0.0320. The van der Waals surface area contributed by atoms with E-state index in [1.807, 2.05) is 6.92 Å². The zero-order valence-electron chi connectivity index (χ0n) is 11.0. The number of nitrogens with one attached hydrogen (secondary N) is 1. The molecule has 4 nitrogen and oxygen atoms in total. The first kappa shape index (κ1) is 12.8. The van der Waals surface area contributed by atoms with E-state index in [-0.39, 0.29) is 29.6 Å². The average molecular weight is 241 g/mol. The molecule has 0 aromatic rings. The molecule has 1 saturated heterocycles. The van der Waals surface area contributed by atoms with E-state index in [1.165, 1.54) is 0 Å². The quantitative estimate of drug-likeness (QED) is 0.811. The molecular formula is C13H23NO3. The van der Waals surface area contributed by atoms with Crippen LogP contribution in [-0.2, 0) is 14.3 Å². The first-order valence-corrected chi connectivity index (χ1v) is 6.59. The number of carbonyl (C=O) groups is 1. The van der Waals surface area contributed by atoms with Gasteiger partial charge < -0.3 is 14.8 Å². The maximum atomic E-state index is 11.9. The molecule has 1 aliphatic heterocycles. The highest BCUT2D eigenvalue weighted by molar-refractivity contribution is 5.81. The van der Waals surface area contributed by atoms with E-state index in [2.05, 4.69) is 19.2 Å². The second kappa shape index (κ2) is 4.94. The fraction of sp³-hybridized carbons (Fsp3) is 0.923. The lowest BCUT2D eigenvalue weighted by Crippen LogP contribution is -2.63. The lowest BCUT2D eigenvalue weighted by atomic mass is 9.64. The molecule has 4 heteroatoms. The first-order valence-electron chi connectivity index (χ1n) is 6.59. The van der Waals surface area contributed by atoms with Crippen LogP contribution < -0.4 is 5.32 Å². The summed E-state index contributed by atoms with van der Waals surface area (Å²) in [4.78, 5) is 11.9. The number of carbonyl (C=O) groups excluding carboxylic acids is 1. The lowest BCUT2D eigenvalue weighted by molar-refractivity contribution is -0.143. The van der Waals surface area contributed by atoms with Gasteiger partial charge in [-0.25, -0.2) is 0 Å². The van der Waals surface area contributed by atoms with Crippen LogP contribution in [-0.4, -0.2) is 37.4 Å². The zero-order valence-corrected chi connectivity index (χ0v) is 11.0. The van der Waals surface area contributed by atoms with Gasteiger partial charge in [0.1, 0.15) is 6.10 Å². The normalized spacial score (nSPS) is 35.4. The highest BCUT2D eigenvalue weighted by Gasteiger charge is 2.50. The van der Waals surface area contributed by atoms with Crippen molar-refractivity contribution in [2.75, 3.05) is 13.2 Å². The van der Waals surface area contributed by atoms with Crippen LogP contribution in [0.15, 0.2) is 0 Å². The fourth-order valence-electron chi connectivity index (χ4n) is 2.66. The van der Waals surface area contributed by atoms with Gasteiger partial charge in [-0.1, -0.05) is 13.8 Å². The molecule has 0 bridgehead atoms. The third-order valence-corrected chi connectivity index (χ3v) is 4.08. The van der Waals surface area contributed by atoms with Crippen molar-refractivity contribution < 1.29 is 14.3 Å². The van der Waals surface area contributed by atoms with Crippen LogP contribution in [0.25, 0.3) is 0 Å². The van der Waals surface area contributed by atoms with Crippen molar-refractivity contribution in [3.8, 4) is 0 Å². The third kappa shape index (κ3) is 2.47. The molecule has 1 amide bonds. The van der Waals surface area contributed by atoms with E-state index in [1.54, 1.807) is 0 Å². The smallest absolute Gasteiger partial charge is 0.249 e. The Morgan fingerprint density at radius 1 is 1.53 bits per heavy atom. The van der Waals surface area contributed by atoms with Crippen molar-refractivity contribution in [2.24, 2.45) is 5.41 Å². The summed E-state index contributed by atoms with van der Waals surface area (Å²) in [6.45, 7) is 7.76. The van der Waals surface area contributed by atoms with Crippen molar-refractivity contribution in [3.05, 3.63) is 0 Å². The van der Waals surface area contributed by atoms with Crippen LogP contribution >= 0.6 is 0 Å². The number of amides is 1. The molecule has 0 aromatic heterocycles. The monoisotopic (exact) mass is 241 g/mol. The Kier molecular flexibility index (Phi) is 3.73. The fourth-order valence-corrected chi connectivity index (χ4v) is 2.66. The van der Waals surface area contributed by atoms with Gasteiger partial charge in [-0.3, -0.25) is 4.79 Å². The van der Waals surface area contributed by atoms with Gasteiger partial charge in [0.25, 0.3) is 0 Å². The summed E-state index contributed by atoms with van der Waals surface area (Å²) in [5.41, 5.74) is 0.0320. The van der Waals surface area contributed by atoms with Crippen LogP contribution in [0.4, 0.5) is 0 Å². The molecule has 1 saturated carbocycles. The van der Waals surface area contributed by atoms with Gasteiger partial charge in [0, 0.05) is 24.7 Å². The molecule has 1 N–H and O–H groups in total. The Morgan fingerprint density at radius 2 is 2.29 bits per heavy atom. The van der Waals surface area contributed by atoms with Crippen LogP contribution in [0.5, 0.6) is 0 Å². The van der Waals surface area contributed by atoms with E-state index in [4.69, 9.17) is 9.47 Å². The molecule has 0 aromatic carbocycles. The Hall–Kier alpha value is -0.610. The van der Waals surface area contributed by atoms with Gasteiger partial charge in [0.2, 0.25) is 5.91 Å². The summed E-state index contributed by atoms with van der Waals surface area (Å²) < 4.78 is 11.0. The highest BCUT2D eigenvalue weighted by Crippen LogP contribution is 2.42. The van der Waals surface area contributed by atoms with Crippen LogP contribution in [0.3, 0.4) is 0 Å². The molecule has 17 heavy (non-hydrogen) atoms. The van der Waals surface area contributed by atoms with Gasteiger partial charge in [-0.2, -0.15) is 0 Å². The topological polar surface area (TPSA) is 47.6 Å². The molecule has 3 atom stereocenters. The zero-order chi connectivity index (χ0) is 12.5. The van der Waals surface area contributed by atoms with Crippen molar-refractivity contribution in [1.82, 2.24) is 5.32 Å². The predicted octanol–water partition coefficient (Wildman–Crippen LogP) is 1.49. The molecular weight excluding hydrogens is 218 g/mol. The van der Waals surface area contributed by atoms with Gasteiger partial charge in [-0.15, -0.1) is 0 Å². The summed E-state index contributed by atoms with van der Waals surface area (Å²) in [6.07, 6.45) is 2.81. The van der Waals surface area contributed by atoms with E-state index in [9.17, 15) is 4.79 Å². The van der Waals surface area contributed by atoms with Crippen molar-refractivity contribution in [2.45, 2.75) is 58.3 Å². The highest BCUT2D eigenvalue weighted by atomic mass is 16.5. The van der Waals surface area contributed by atoms with Gasteiger partial charge in [0.15, 0.2) is 0 Å². The van der Waals surface area contributed by atoms with E-state index >= 15 is 0 Å². The summed E-state index contributed by atoms with van der Waals surface area (Å²) in [6, 6.07) is 0.218. The summed E-state index contributed by atoms with van der Waals surface area (Å²) in [5, 5.41) is 3.09. The largest absolute Gasteiger partial charge is 0.378 e. The van der Waals surface area contributed by atoms with Crippen LogP contribution in [0, 0.1) is 5.41 Å². The number of ether oxygens (including phenoxy) is 2. The maximum absolute atomic E-state index is 11.9. The molecule has 0 radical (unpaired) electrons. The molecule has 2 rings (SSSR count).